The number of carbonyl (C=O) groups is 2. The summed E-state index contributed by atoms with van der Waals surface area (Å²) in [5, 5.41) is 2.83. The first-order chi connectivity index (χ1) is 8.71. The third-order valence-electron chi connectivity index (χ3n) is 2.92. The van der Waals surface area contributed by atoms with Gasteiger partial charge in [0.25, 0.3) is 5.91 Å². The van der Waals surface area contributed by atoms with E-state index in [2.05, 4.69) is 29.0 Å². The highest BCUT2D eigenvalue weighted by molar-refractivity contribution is 5.94. The molecule has 0 saturated carbocycles. The molecule has 0 spiro atoms. The van der Waals surface area contributed by atoms with Crippen LogP contribution in [0.3, 0.4) is 0 Å². The van der Waals surface area contributed by atoms with E-state index in [1.807, 2.05) is 0 Å². The summed E-state index contributed by atoms with van der Waals surface area (Å²) in [5.41, 5.74) is 0.920. The molecule has 0 aliphatic rings. The SMILES string of the molecule is CCN(CC)CCCNC(=O)c1cc(C=O)c[nH]1. The van der Waals surface area contributed by atoms with Gasteiger partial charge in [0.05, 0.1) is 0 Å². The quantitative estimate of drug-likeness (QED) is 0.540. The lowest BCUT2D eigenvalue weighted by Gasteiger charge is -2.17. The van der Waals surface area contributed by atoms with E-state index in [4.69, 9.17) is 0 Å². The van der Waals surface area contributed by atoms with Crippen LogP contribution in [0.4, 0.5) is 0 Å². The highest BCUT2D eigenvalue weighted by Crippen LogP contribution is 2.00. The smallest absolute Gasteiger partial charge is 0.267 e. The second kappa shape index (κ2) is 7.66. The van der Waals surface area contributed by atoms with Crippen LogP contribution in [0.15, 0.2) is 12.3 Å². The van der Waals surface area contributed by atoms with Crippen LogP contribution < -0.4 is 5.32 Å². The fourth-order valence-electron chi connectivity index (χ4n) is 1.75. The van der Waals surface area contributed by atoms with E-state index in [0.29, 0.717) is 24.1 Å². The molecule has 0 bridgehead atoms. The Morgan fingerprint density at radius 1 is 1.44 bits per heavy atom. The number of carbonyl (C=O) groups excluding carboxylic acids is 2. The molecular weight excluding hydrogens is 230 g/mol. The van der Waals surface area contributed by atoms with Gasteiger partial charge in [-0.1, -0.05) is 13.8 Å². The zero-order valence-electron chi connectivity index (χ0n) is 11.0. The van der Waals surface area contributed by atoms with Crippen molar-refractivity contribution in [3.63, 3.8) is 0 Å². The Morgan fingerprint density at radius 2 is 2.17 bits per heavy atom. The molecule has 0 radical (unpaired) electrons. The Morgan fingerprint density at radius 3 is 2.72 bits per heavy atom. The molecule has 1 heterocycles. The summed E-state index contributed by atoms with van der Waals surface area (Å²) in [6.07, 6.45) is 3.17. The van der Waals surface area contributed by atoms with Crippen molar-refractivity contribution in [1.82, 2.24) is 15.2 Å². The van der Waals surface area contributed by atoms with Crippen LogP contribution in [-0.4, -0.2) is 48.3 Å². The predicted octanol–water partition coefficient (Wildman–Crippen LogP) is 1.29. The normalized spacial score (nSPS) is 10.6. The Balaban J connectivity index is 2.27. The first-order valence-electron chi connectivity index (χ1n) is 6.35. The monoisotopic (exact) mass is 251 g/mol. The average Bonchev–Trinajstić information content (AvgIpc) is 2.87. The van der Waals surface area contributed by atoms with Gasteiger partial charge < -0.3 is 15.2 Å². The molecule has 5 nitrogen and oxygen atoms in total. The molecule has 0 aliphatic heterocycles. The predicted molar refractivity (Wildman–Crippen MR) is 70.9 cm³/mol. The van der Waals surface area contributed by atoms with Crippen LogP contribution >= 0.6 is 0 Å². The van der Waals surface area contributed by atoms with Gasteiger partial charge in [0.1, 0.15) is 5.69 Å². The molecule has 5 heteroatoms. The molecule has 0 fully saturated rings. The van der Waals surface area contributed by atoms with Crippen LogP contribution in [-0.2, 0) is 0 Å². The third-order valence-corrected chi connectivity index (χ3v) is 2.92. The van der Waals surface area contributed by atoms with E-state index >= 15 is 0 Å². The maximum atomic E-state index is 11.7. The molecule has 0 aliphatic carbocycles. The topological polar surface area (TPSA) is 65.2 Å². The van der Waals surface area contributed by atoms with Crippen molar-refractivity contribution in [2.75, 3.05) is 26.2 Å². The number of hydrogen-bond acceptors (Lipinski definition) is 3. The minimum atomic E-state index is -0.164. The van der Waals surface area contributed by atoms with Crippen molar-refractivity contribution in [3.8, 4) is 0 Å². The molecule has 1 rings (SSSR count). The van der Waals surface area contributed by atoms with Crippen LogP contribution in [0.1, 0.15) is 41.1 Å². The van der Waals surface area contributed by atoms with Gasteiger partial charge in [-0.3, -0.25) is 9.59 Å². The van der Waals surface area contributed by atoms with Gasteiger partial charge in [-0.15, -0.1) is 0 Å². The second-order valence-electron chi connectivity index (χ2n) is 4.10. The first-order valence-corrected chi connectivity index (χ1v) is 6.35. The van der Waals surface area contributed by atoms with Gasteiger partial charge in [0.15, 0.2) is 6.29 Å². The summed E-state index contributed by atoms with van der Waals surface area (Å²) >= 11 is 0. The maximum absolute atomic E-state index is 11.7. The minimum absolute atomic E-state index is 0.164. The molecule has 0 unspecified atom stereocenters. The molecule has 1 aromatic heterocycles. The summed E-state index contributed by atoms with van der Waals surface area (Å²) in [6, 6.07) is 1.55. The van der Waals surface area contributed by atoms with Crippen molar-refractivity contribution in [1.29, 1.82) is 0 Å². The van der Waals surface area contributed by atoms with Crippen molar-refractivity contribution in [2.24, 2.45) is 0 Å². The number of nitrogens with one attached hydrogen (secondary N) is 2. The number of aromatic nitrogens is 1. The van der Waals surface area contributed by atoms with E-state index in [1.165, 1.54) is 6.20 Å². The van der Waals surface area contributed by atoms with Gasteiger partial charge >= 0.3 is 0 Å². The fourth-order valence-corrected chi connectivity index (χ4v) is 1.75. The second-order valence-corrected chi connectivity index (χ2v) is 4.10. The Hall–Kier alpha value is -1.62. The fraction of sp³-hybridized carbons (Fsp3) is 0.538. The van der Waals surface area contributed by atoms with Gasteiger partial charge in [0, 0.05) is 18.3 Å². The van der Waals surface area contributed by atoms with Crippen LogP contribution in [0, 0.1) is 0 Å². The van der Waals surface area contributed by atoms with E-state index in [9.17, 15) is 9.59 Å². The van der Waals surface area contributed by atoms with Gasteiger partial charge in [0.2, 0.25) is 0 Å². The van der Waals surface area contributed by atoms with E-state index in [0.717, 1.165) is 26.1 Å². The molecule has 2 N–H and O–H groups in total. The maximum Gasteiger partial charge on any atom is 0.267 e. The molecular formula is C13H21N3O2. The van der Waals surface area contributed by atoms with Crippen molar-refractivity contribution >= 4 is 12.2 Å². The molecule has 18 heavy (non-hydrogen) atoms. The Bertz CT molecular complexity index is 383. The lowest BCUT2D eigenvalue weighted by Crippen LogP contribution is -2.30. The van der Waals surface area contributed by atoms with E-state index < -0.39 is 0 Å². The zero-order chi connectivity index (χ0) is 13.4. The van der Waals surface area contributed by atoms with E-state index in [-0.39, 0.29) is 5.91 Å². The highest BCUT2D eigenvalue weighted by Gasteiger charge is 2.07. The summed E-state index contributed by atoms with van der Waals surface area (Å²) in [5.74, 6) is -0.164. The number of nitrogens with zero attached hydrogens (tertiary/aromatic N) is 1. The number of H-pyrrole nitrogens is 1. The Labute approximate surface area is 108 Å². The number of hydrogen-bond donors (Lipinski definition) is 2. The largest absolute Gasteiger partial charge is 0.357 e. The summed E-state index contributed by atoms with van der Waals surface area (Å²) in [6.45, 7) is 7.94. The molecule has 0 atom stereocenters. The van der Waals surface area contributed by atoms with Gasteiger partial charge in [-0.25, -0.2) is 0 Å². The molecule has 1 aromatic rings. The highest BCUT2D eigenvalue weighted by atomic mass is 16.1. The number of rotatable bonds is 8. The lowest BCUT2D eigenvalue weighted by molar-refractivity contribution is 0.0947. The summed E-state index contributed by atoms with van der Waals surface area (Å²) in [4.78, 5) is 27.3. The average molecular weight is 251 g/mol. The van der Waals surface area contributed by atoms with Crippen molar-refractivity contribution in [2.45, 2.75) is 20.3 Å². The summed E-state index contributed by atoms with van der Waals surface area (Å²) in [7, 11) is 0. The first kappa shape index (κ1) is 14.4. The summed E-state index contributed by atoms with van der Waals surface area (Å²) < 4.78 is 0. The lowest BCUT2D eigenvalue weighted by atomic mass is 10.3. The third kappa shape index (κ3) is 4.33. The van der Waals surface area contributed by atoms with Gasteiger partial charge in [-0.05, 0) is 32.1 Å². The van der Waals surface area contributed by atoms with Crippen molar-refractivity contribution in [3.05, 3.63) is 23.5 Å². The number of aldehydes is 1. The van der Waals surface area contributed by atoms with Crippen LogP contribution in [0.2, 0.25) is 0 Å². The molecule has 0 aromatic carbocycles. The molecule has 100 valence electrons. The standard InChI is InChI=1S/C13H21N3O2/c1-3-16(4-2)7-5-6-14-13(18)12-8-11(10-17)9-15-12/h8-10,15H,3-7H2,1-2H3,(H,14,18). The van der Waals surface area contributed by atoms with Gasteiger partial charge in [-0.2, -0.15) is 0 Å². The Kier molecular flexibility index (Phi) is 6.14. The zero-order valence-corrected chi connectivity index (χ0v) is 11.0. The van der Waals surface area contributed by atoms with Crippen LogP contribution in [0.5, 0.6) is 0 Å². The van der Waals surface area contributed by atoms with E-state index in [1.54, 1.807) is 6.07 Å². The number of amides is 1. The molecule has 1 amide bonds. The number of aromatic amines is 1. The molecule has 0 saturated heterocycles. The van der Waals surface area contributed by atoms with Crippen LogP contribution in [0.25, 0.3) is 0 Å². The van der Waals surface area contributed by atoms with Crippen molar-refractivity contribution < 1.29 is 9.59 Å². The minimum Gasteiger partial charge on any atom is -0.357 e.